The Labute approximate surface area is 114 Å². The molecule has 1 aliphatic heterocycles. The Hall–Kier alpha value is -2.64. The molecule has 2 rings (SSSR count). The summed E-state index contributed by atoms with van der Waals surface area (Å²) in [6.07, 6.45) is 0. The topological polar surface area (TPSA) is 104 Å². The summed E-state index contributed by atoms with van der Waals surface area (Å²) in [6, 6.07) is 3.86. The maximum Gasteiger partial charge on any atom is 0.338 e. The van der Waals surface area contributed by atoms with Gasteiger partial charge in [-0.15, -0.1) is 0 Å². The smallest absolute Gasteiger partial charge is 0.338 e. The second-order valence-electron chi connectivity index (χ2n) is 4.47. The molecule has 106 valence electrons. The molecule has 1 amide bonds. The third-order valence-electron chi connectivity index (χ3n) is 3.22. The number of carbonyl (C=O) groups excluding carboxylic acids is 1. The van der Waals surface area contributed by atoms with Gasteiger partial charge in [0, 0.05) is 26.2 Å². The summed E-state index contributed by atoms with van der Waals surface area (Å²) < 4.78 is 0. The number of carboxylic acids is 1. The van der Waals surface area contributed by atoms with Gasteiger partial charge in [0.15, 0.2) is 0 Å². The molecule has 1 fully saturated rings. The minimum absolute atomic E-state index is 0.00792. The van der Waals surface area contributed by atoms with E-state index in [0.717, 1.165) is 0 Å². The molecule has 0 bridgehead atoms. The van der Waals surface area contributed by atoms with E-state index in [1.807, 2.05) is 0 Å². The zero-order valence-corrected chi connectivity index (χ0v) is 10.8. The number of aromatic carboxylic acids is 1. The zero-order chi connectivity index (χ0) is 14.9. The molecule has 1 N–H and O–H groups in total. The predicted octanol–water partition coefficient (Wildman–Crippen LogP) is 0.571. The van der Waals surface area contributed by atoms with Crippen LogP contribution in [0.3, 0.4) is 0 Å². The van der Waals surface area contributed by atoms with Crippen LogP contribution < -0.4 is 4.90 Å². The Morgan fingerprint density at radius 3 is 2.65 bits per heavy atom. The summed E-state index contributed by atoms with van der Waals surface area (Å²) in [7, 11) is 1.64. The summed E-state index contributed by atoms with van der Waals surface area (Å²) in [5, 5.41) is 20.3. The molecule has 1 saturated heterocycles. The van der Waals surface area contributed by atoms with E-state index in [9.17, 15) is 24.8 Å². The van der Waals surface area contributed by atoms with Crippen LogP contribution in [-0.2, 0) is 4.79 Å². The maximum absolute atomic E-state index is 11.7. The Morgan fingerprint density at radius 1 is 1.40 bits per heavy atom. The third-order valence-corrected chi connectivity index (χ3v) is 3.22. The van der Waals surface area contributed by atoms with Crippen molar-refractivity contribution in [2.24, 2.45) is 0 Å². The van der Waals surface area contributed by atoms with Crippen LogP contribution in [0, 0.1) is 10.1 Å². The van der Waals surface area contributed by atoms with Crippen LogP contribution in [0.15, 0.2) is 18.2 Å². The Balaban J connectivity index is 2.51. The van der Waals surface area contributed by atoms with E-state index in [1.165, 1.54) is 28.0 Å². The minimum atomic E-state index is -1.25. The van der Waals surface area contributed by atoms with Crippen LogP contribution >= 0.6 is 0 Å². The highest BCUT2D eigenvalue weighted by molar-refractivity contribution is 5.98. The molecular formula is C12H13N3O5. The fourth-order valence-corrected chi connectivity index (χ4v) is 2.13. The lowest BCUT2D eigenvalue weighted by Crippen LogP contribution is -2.49. The van der Waals surface area contributed by atoms with Crippen LogP contribution in [0.25, 0.3) is 0 Å². The molecule has 1 aliphatic rings. The lowest BCUT2D eigenvalue weighted by molar-refractivity contribution is -0.384. The van der Waals surface area contributed by atoms with Gasteiger partial charge < -0.3 is 14.9 Å². The van der Waals surface area contributed by atoms with Gasteiger partial charge in [0.25, 0.3) is 5.69 Å². The Kier molecular flexibility index (Phi) is 3.55. The van der Waals surface area contributed by atoms with Crippen LogP contribution in [0.1, 0.15) is 10.4 Å². The first-order chi connectivity index (χ1) is 9.41. The summed E-state index contributed by atoms with van der Waals surface area (Å²) in [4.78, 5) is 36.3. The molecule has 8 nitrogen and oxygen atoms in total. The number of carboxylic acid groups (broad SMARTS) is 1. The number of amides is 1. The van der Waals surface area contributed by atoms with Crippen LogP contribution in [0.5, 0.6) is 0 Å². The molecule has 0 aromatic heterocycles. The number of nitro benzene ring substituents is 1. The number of para-hydroxylation sites is 1. The first kappa shape index (κ1) is 13.8. The van der Waals surface area contributed by atoms with Crippen molar-refractivity contribution in [3.63, 3.8) is 0 Å². The van der Waals surface area contributed by atoms with Gasteiger partial charge in [-0.05, 0) is 6.07 Å². The monoisotopic (exact) mass is 279 g/mol. The number of rotatable bonds is 3. The SMILES string of the molecule is CN1CCN(c2c(C(=O)O)cccc2[N+](=O)[O-])CC1=O. The van der Waals surface area contributed by atoms with Gasteiger partial charge in [0.1, 0.15) is 5.69 Å². The van der Waals surface area contributed by atoms with Gasteiger partial charge in [0.05, 0.1) is 17.0 Å². The molecule has 0 spiro atoms. The number of nitro groups is 1. The maximum atomic E-state index is 11.7. The average Bonchev–Trinajstić information content (AvgIpc) is 2.41. The number of hydrogen-bond acceptors (Lipinski definition) is 5. The summed E-state index contributed by atoms with van der Waals surface area (Å²) in [5.74, 6) is -1.46. The zero-order valence-electron chi connectivity index (χ0n) is 10.8. The van der Waals surface area contributed by atoms with Crippen molar-refractivity contribution in [3.8, 4) is 0 Å². The third kappa shape index (κ3) is 2.40. The normalized spacial score (nSPS) is 15.3. The number of hydrogen-bond donors (Lipinski definition) is 1. The van der Waals surface area contributed by atoms with Crippen LogP contribution in [0.4, 0.5) is 11.4 Å². The number of benzene rings is 1. The van der Waals surface area contributed by atoms with E-state index in [-0.39, 0.29) is 29.4 Å². The van der Waals surface area contributed by atoms with Gasteiger partial charge in [-0.1, -0.05) is 6.07 Å². The fraction of sp³-hybridized carbons (Fsp3) is 0.333. The molecule has 1 heterocycles. The summed E-state index contributed by atoms with van der Waals surface area (Å²) in [5.41, 5.74) is -0.481. The van der Waals surface area contributed by atoms with Gasteiger partial charge >= 0.3 is 5.97 Å². The van der Waals surface area contributed by atoms with E-state index in [1.54, 1.807) is 7.05 Å². The molecule has 20 heavy (non-hydrogen) atoms. The Bertz CT molecular complexity index is 554. The van der Waals surface area contributed by atoms with Crippen LogP contribution in [0.2, 0.25) is 0 Å². The van der Waals surface area contributed by atoms with Crippen molar-refractivity contribution in [1.82, 2.24) is 4.90 Å². The van der Waals surface area contributed by atoms with Crippen molar-refractivity contribution >= 4 is 23.3 Å². The number of piperazine rings is 1. The van der Waals surface area contributed by atoms with E-state index >= 15 is 0 Å². The van der Waals surface area contributed by atoms with Crippen LogP contribution in [-0.4, -0.2) is 53.5 Å². The highest BCUT2D eigenvalue weighted by atomic mass is 16.6. The number of anilines is 1. The van der Waals surface area contributed by atoms with Gasteiger partial charge in [-0.2, -0.15) is 0 Å². The first-order valence-corrected chi connectivity index (χ1v) is 5.91. The van der Waals surface area contributed by atoms with Gasteiger partial charge in [-0.3, -0.25) is 14.9 Å². The van der Waals surface area contributed by atoms with E-state index < -0.39 is 10.9 Å². The standard InChI is InChI=1S/C12H13N3O5/c1-13-5-6-14(7-10(13)16)11-8(12(17)18)3-2-4-9(11)15(19)20/h2-4H,5-7H2,1H3,(H,17,18). The second-order valence-corrected chi connectivity index (χ2v) is 4.47. The number of carbonyl (C=O) groups is 2. The van der Waals surface area contributed by atoms with Gasteiger partial charge in [0.2, 0.25) is 5.91 Å². The molecule has 0 atom stereocenters. The molecule has 1 aromatic carbocycles. The quantitative estimate of drug-likeness (QED) is 0.640. The Morgan fingerprint density at radius 2 is 2.10 bits per heavy atom. The molecule has 0 unspecified atom stereocenters. The predicted molar refractivity (Wildman–Crippen MR) is 69.9 cm³/mol. The molecule has 0 saturated carbocycles. The highest BCUT2D eigenvalue weighted by Crippen LogP contribution is 2.32. The summed E-state index contributed by atoms with van der Waals surface area (Å²) in [6.45, 7) is 0.680. The lowest BCUT2D eigenvalue weighted by Gasteiger charge is -2.33. The molecule has 0 aliphatic carbocycles. The molecular weight excluding hydrogens is 266 g/mol. The molecule has 8 heteroatoms. The van der Waals surface area contributed by atoms with Crippen molar-refractivity contribution in [2.45, 2.75) is 0 Å². The van der Waals surface area contributed by atoms with Crippen molar-refractivity contribution in [1.29, 1.82) is 0 Å². The van der Waals surface area contributed by atoms with E-state index in [0.29, 0.717) is 13.1 Å². The fourth-order valence-electron chi connectivity index (χ4n) is 2.13. The lowest BCUT2D eigenvalue weighted by atomic mass is 10.1. The second kappa shape index (κ2) is 5.16. The largest absolute Gasteiger partial charge is 0.478 e. The van der Waals surface area contributed by atoms with Gasteiger partial charge in [-0.25, -0.2) is 4.79 Å². The molecule has 0 radical (unpaired) electrons. The van der Waals surface area contributed by atoms with Crippen molar-refractivity contribution in [3.05, 3.63) is 33.9 Å². The average molecular weight is 279 g/mol. The molecule has 1 aromatic rings. The number of likely N-dealkylation sites (N-methyl/N-ethyl adjacent to an activating group) is 1. The first-order valence-electron chi connectivity index (χ1n) is 5.91. The minimum Gasteiger partial charge on any atom is -0.478 e. The van der Waals surface area contributed by atoms with E-state index in [2.05, 4.69) is 0 Å². The van der Waals surface area contributed by atoms with E-state index in [4.69, 9.17) is 0 Å². The number of nitrogens with zero attached hydrogens (tertiary/aromatic N) is 3. The van der Waals surface area contributed by atoms with Crippen molar-refractivity contribution < 1.29 is 19.6 Å². The summed E-state index contributed by atoms with van der Waals surface area (Å²) >= 11 is 0. The highest BCUT2D eigenvalue weighted by Gasteiger charge is 2.30. The van der Waals surface area contributed by atoms with Crippen molar-refractivity contribution in [2.75, 3.05) is 31.6 Å².